The van der Waals surface area contributed by atoms with Gasteiger partial charge in [-0.05, 0) is 35.9 Å². The van der Waals surface area contributed by atoms with Gasteiger partial charge in [-0.25, -0.2) is 9.37 Å². The predicted molar refractivity (Wildman–Crippen MR) is 99.5 cm³/mol. The van der Waals surface area contributed by atoms with Gasteiger partial charge in [-0.3, -0.25) is 4.98 Å². The van der Waals surface area contributed by atoms with Crippen LogP contribution in [0.5, 0.6) is 5.75 Å². The lowest BCUT2D eigenvalue weighted by Gasteiger charge is -2.22. The number of phenols is 1. The molecule has 2 aromatic heterocycles. The number of nitrogens with zero attached hydrogens (tertiary/aromatic N) is 2. The first-order valence-corrected chi connectivity index (χ1v) is 8.22. The molecule has 0 saturated carbocycles. The van der Waals surface area contributed by atoms with Crippen molar-refractivity contribution < 1.29 is 9.50 Å². The van der Waals surface area contributed by atoms with E-state index in [9.17, 15) is 9.50 Å². The number of anilines is 1. The molecule has 0 saturated heterocycles. The summed E-state index contributed by atoms with van der Waals surface area (Å²) >= 11 is 0. The minimum absolute atomic E-state index is 0.0702. The Hall–Kier alpha value is -3.47. The number of hydrogen-bond acceptors (Lipinski definition) is 4. The molecule has 0 radical (unpaired) electrons. The van der Waals surface area contributed by atoms with Crippen LogP contribution in [-0.4, -0.2) is 15.1 Å². The molecule has 1 atom stereocenters. The summed E-state index contributed by atoms with van der Waals surface area (Å²) in [5.74, 6) is 0.358. The van der Waals surface area contributed by atoms with E-state index in [4.69, 9.17) is 0 Å². The van der Waals surface area contributed by atoms with Gasteiger partial charge in [0.15, 0.2) is 0 Å². The smallest absolute Gasteiger partial charge is 0.147 e. The minimum Gasteiger partial charge on any atom is -0.505 e. The highest BCUT2D eigenvalue weighted by Crippen LogP contribution is 2.36. The lowest BCUT2D eigenvalue weighted by molar-refractivity contribution is 0.471. The van der Waals surface area contributed by atoms with Crippen LogP contribution in [0, 0.1) is 5.82 Å². The fraction of sp³-hybridized carbons (Fsp3) is 0.0476. The molecule has 0 fully saturated rings. The molecule has 4 nitrogen and oxygen atoms in total. The molecule has 2 N–H and O–H groups in total. The fourth-order valence-corrected chi connectivity index (χ4v) is 3.00. The average molecular weight is 345 g/mol. The molecular weight excluding hydrogens is 329 g/mol. The van der Waals surface area contributed by atoms with E-state index in [1.54, 1.807) is 18.5 Å². The van der Waals surface area contributed by atoms with E-state index in [1.807, 2.05) is 48.5 Å². The van der Waals surface area contributed by atoms with Crippen LogP contribution in [0.1, 0.15) is 17.2 Å². The van der Waals surface area contributed by atoms with Crippen molar-refractivity contribution in [3.63, 3.8) is 0 Å². The van der Waals surface area contributed by atoms with Crippen molar-refractivity contribution in [2.45, 2.75) is 6.04 Å². The van der Waals surface area contributed by atoms with Crippen LogP contribution in [0.3, 0.4) is 0 Å². The van der Waals surface area contributed by atoms with Gasteiger partial charge in [-0.15, -0.1) is 0 Å². The van der Waals surface area contributed by atoms with Gasteiger partial charge in [-0.1, -0.05) is 36.4 Å². The van der Waals surface area contributed by atoms with Crippen molar-refractivity contribution in [1.82, 2.24) is 9.97 Å². The Morgan fingerprint density at radius 1 is 0.885 bits per heavy atom. The Bertz CT molecular complexity index is 1050. The maximum atomic E-state index is 13.8. The summed E-state index contributed by atoms with van der Waals surface area (Å²) in [6.45, 7) is 0. The Kier molecular flexibility index (Phi) is 4.19. The van der Waals surface area contributed by atoms with E-state index < -0.39 is 6.04 Å². The number of nitrogens with one attached hydrogen (secondary N) is 1. The third-order valence-corrected chi connectivity index (χ3v) is 4.23. The zero-order valence-electron chi connectivity index (χ0n) is 13.8. The molecule has 2 heterocycles. The highest BCUT2D eigenvalue weighted by molar-refractivity contribution is 5.86. The first-order chi connectivity index (χ1) is 12.7. The monoisotopic (exact) mass is 345 g/mol. The zero-order chi connectivity index (χ0) is 17.9. The number of fused-ring (bicyclic) bond motifs is 1. The first-order valence-electron chi connectivity index (χ1n) is 8.22. The second kappa shape index (κ2) is 6.80. The van der Waals surface area contributed by atoms with Crippen LogP contribution < -0.4 is 5.32 Å². The van der Waals surface area contributed by atoms with E-state index in [-0.39, 0.29) is 11.6 Å². The van der Waals surface area contributed by atoms with Crippen LogP contribution in [0.4, 0.5) is 10.2 Å². The van der Waals surface area contributed by atoms with E-state index in [2.05, 4.69) is 15.3 Å². The highest BCUT2D eigenvalue weighted by atomic mass is 19.1. The van der Waals surface area contributed by atoms with Crippen molar-refractivity contribution in [3.05, 3.63) is 96.1 Å². The maximum Gasteiger partial charge on any atom is 0.147 e. The predicted octanol–water partition coefficient (Wildman–Crippen LogP) is 4.68. The van der Waals surface area contributed by atoms with Crippen molar-refractivity contribution in [2.24, 2.45) is 0 Å². The van der Waals surface area contributed by atoms with E-state index >= 15 is 0 Å². The van der Waals surface area contributed by atoms with Crippen LogP contribution in [0.2, 0.25) is 0 Å². The largest absolute Gasteiger partial charge is 0.505 e. The molecule has 0 aliphatic carbocycles. The number of rotatable bonds is 4. The normalized spacial score (nSPS) is 12.0. The Balaban J connectivity index is 1.86. The number of pyridine rings is 2. The van der Waals surface area contributed by atoms with E-state index in [0.717, 1.165) is 5.39 Å². The molecule has 0 unspecified atom stereocenters. The van der Waals surface area contributed by atoms with Crippen LogP contribution in [-0.2, 0) is 0 Å². The van der Waals surface area contributed by atoms with Gasteiger partial charge in [0.05, 0.1) is 6.04 Å². The standard InChI is InChI=1S/C21H16FN3O/c22-16-7-3-5-15(13-16)19(25-18-8-1-2-11-23-18)17-10-9-14-6-4-12-24-20(14)21(17)26/h1-13,19,26H,(H,23,25)/t19-/m1/s1. The summed E-state index contributed by atoms with van der Waals surface area (Å²) in [7, 11) is 0. The molecule has 4 rings (SSSR count). The summed E-state index contributed by atoms with van der Waals surface area (Å²) < 4.78 is 13.8. The van der Waals surface area contributed by atoms with Gasteiger partial charge in [0, 0.05) is 23.3 Å². The van der Waals surface area contributed by atoms with Gasteiger partial charge in [0.2, 0.25) is 0 Å². The van der Waals surface area contributed by atoms with Gasteiger partial charge in [0.25, 0.3) is 0 Å². The van der Waals surface area contributed by atoms with Gasteiger partial charge in [0.1, 0.15) is 22.9 Å². The summed E-state index contributed by atoms with van der Waals surface area (Å²) in [5, 5.41) is 14.9. The Labute approximate surface area is 150 Å². The zero-order valence-corrected chi connectivity index (χ0v) is 13.8. The number of phenolic OH excluding ortho intramolecular Hbond substituents is 1. The third kappa shape index (κ3) is 3.07. The molecule has 5 heteroatoms. The lowest BCUT2D eigenvalue weighted by atomic mass is 9.96. The molecule has 4 aromatic rings. The van der Waals surface area contributed by atoms with Gasteiger partial charge >= 0.3 is 0 Å². The molecule has 0 spiro atoms. The van der Waals surface area contributed by atoms with Crippen LogP contribution in [0.15, 0.2) is 79.1 Å². The number of benzene rings is 2. The topological polar surface area (TPSA) is 58.0 Å². The summed E-state index contributed by atoms with van der Waals surface area (Å²) in [5.41, 5.74) is 1.79. The highest BCUT2D eigenvalue weighted by Gasteiger charge is 2.20. The first kappa shape index (κ1) is 16.0. The van der Waals surface area contributed by atoms with E-state index in [1.165, 1.54) is 12.1 Å². The summed E-state index contributed by atoms with van der Waals surface area (Å²) in [6, 6.07) is 18.7. The maximum absolute atomic E-state index is 13.8. The molecule has 128 valence electrons. The minimum atomic E-state index is -0.480. The average Bonchev–Trinajstić information content (AvgIpc) is 2.68. The number of aromatic nitrogens is 2. The fourth-order valence-electron chi connectivity index (χ4n) is 3.00. The Morgan fingerprint density at radius 2 is 1.77 bits per heavy atom. The van der Waals surface area contributed by atoms with Crippen molar-refractivity contribution in [2.75, 3.05) is 5.32 Å². The molecule has 26 heavy (non-hydrogen) atoms. The second-order valence-electron chi connectivity index (χ2n) is 5.93. The second-order valence-corrected chi connectivity index (χ2v) is 5.93. The molecule has 0 aliphatic heterocycles. The van der Waals surface area contributed by atoms with Crippen molar-refractivity contribution in [1.29, 1.82) is 0 Å². The van der Waals surface area contributed by atoms with Gasteiger partial charge in [-0.2, -0.15) is 0 Å². The SMILES string of the molecule is Oc1c([C@H](Nc2ccccn2)c2cccc(F)c2)ccc2cccnc12. The molecule has 0 aliphatic rings. The number of aromatic hydroxyl groups is 1. The summed E-state index contributed by atoms with van der Waals surface area (Å²) in [4.78, 5) is 8.56. The van der Waals surface area contributed by atoms with Crippen LogP contribution in [0.25, 0.3) is 10.9 Å². The van der Waals surface area contributed by atoms with Crippen molar-refractivity contribution in [3.8, 4) is 5.75 Å². The summed E-state index contributed by atoms with van der Waals surface area (Å²) in [6.07, 6.45) is 3.31. The molecular formula is C21H16FN3O. The number of hydrogen-bond donors (Lipinski definition) is 2. The van der Waals surface area contributed by atoms with Crippen LogP contribution >= 0.6 is 0 Å². The number of halogens is 1. The lowest BCUT2D eigenvalue weighted by Crippen LogP contribution is -2.14. The Morgan fingerprint density at radius 3 is 2.58 bits per heavy atom. The quantitative estimate of drug-likeness (QED) is 0.564. The molecule has 0 amide bonds. The third-order valence-electron chi connectivity index (χ3n) is 4.23. The molecule has 2 aromatic carbocycles. The van der Waals surface area contributed by atoms with Crippen molar-refractivity contribution >= 4 is 16.7 Å². The van der Waals surface area contributed by atoms with Gasteiger partial charge < -0.3 is 10.4 Å². The molecule has 0 bridgehead atoms. The van der Waals surface area contributed by atoms with E-state index in [0.29, 0.717) is 22.5 Å².